The largest absolute Gasteiger partial charge is 0.394 e. The molecule has 0 aliphatic carbocycles. The van der Waals surface area contributed by atoms with Gasteiger partial charge in [-0.2, -0.15) is 0 Å². The van der Waals surface area contributed by atoms with Crippen LogP contribution in [0.25, 0.3) is 10.9 Å². The van der Waals surface area contributed by atoms with Crippen molar-refractivity contribution >= 4 is 51.6 Å². The van der Waals surface area contributed by atoms with Crippen LogP contribution in [0.2, 0.25) is 15.1 Å². The van der Waals surface area contributed by atoms with E-state index >= 15 is 0 Å². The molecule has 3 aromatic rings. The summed E-state index contributed by atoms with van der Waals surface area (Å²) in [7, 11) is 0. The van der Waals surface area contributed by atoms with Gasteiger partial charge < -0.3 is 20.7 Å². The number of amides is 1. The highest BCUT2D eigenvalue weighted by Gasteiger charge is 2.35. The summed E-state index contributed by atoms with van der Waals surface area (Å²) in [6.45, 7) is 0.235. The standard InChI is InChI=1S/C20H18Cl3N3O2/c21-11-2-4-16-13(8-11)12-5-6-26(17(9-27)19(12)25-16)20(28)18(24)10-1-3-14(22)15(23)7-10/h1-4,7-8,17-18,25,27H,5-6,9,24H2. The minimum atomic E-state index is -0.899. The van der Waals surface area contributed by atoms with Gasteiger partial charge in [0.15, 0.2) is 0 Å². The van der Waals surface area contributed by atoms with E-state index in [0.29, 0.717) is 33.6 Å². The molecule has 2 aromatic carbocycles. The predicted molar refractivity (Wildman–Crippen MR) is 112 cm³/mol. The number of hydrogen-bond acceptors (Lipinski definition) is 3. The van der Waals surface area contributed by atoms with E-state index in [1.165, 1.54) is 0 Å². The van der Waals surface area contributed by atoms with Crippen LogP contribution in [0.1, 0.15) is 28.9 Å². The number of rotatable bonds is 3. The van der Waals surface area contributed by atoms with Crippen LogP contribution < -0.4 is 5.73 Å². The Morgan fingerprint density at radius 2 is 2.00 bits per heavy atom. The van der Waals surface area contributed by atoms with Gasteiger partial charge in [-0.25, -0.2) is 0 Å². The predicted octanol–water partition coefficient (Wildman–Crippen LogP) is 4.25. The van der Waals surface area contributed by atoms with E-state index in [1.807, 2.05) is 18.2 Å². The molecule has 4 N–H and O–H groups in total. The fourth-order valence-electron chi connectivity index (χ4n) is 3.82. The van der Waals surface area contributed by atoms with Crippen molar-refractivity contribution in [2.75, 3.05) is 13.2 Å². The molecule has 2 unspecified atom stereocenters. The average molecular weight is 439 g/mol. The van der Waals surface area contributed by atoms with Crippen molar-refractivity contribution in [2.45, 2.75) is 18.5 Å². The lowest BCUT2D eigenvalue weighted by molar-refractivity contribution is -0.136. The Balaban J connectivity index is 1.68. The SMILES string of the molecule is NC(C(=O)N1CCc2c([nH]c3ccc(Cl)cc23)C1CO)c1ccc(Cl)c(Cl)c1. The van der Waals surface area contributed by atoms with Crippen molar-refractivity contribution in [3.8, 4) is 0 Å². The van der Waals surface area contributed by atoms with Gasteiger partial charge in [0.25, 0.3) is 0 Å². The second kappa shape index (κ2) is 7.58. The summed E-state index contributed by atoms with van der Waals surface area (Å²) >= 11 is 18.1. The first-order valence-electron chi connectivity index (χ1n) is 8.82. The fourth-order valence-corrected chi connectivity index (χ4v) is 4.30. The van der Waals surface area contributed by atoms with Crippen LogP contribution in [0.3, 0.4) is 0 Å². The maximum Gasteiger partial charge on any atom is 0.244 e. The number of aromatic nitrogens is 1. The first-order valence-corrected chi connectivity index (χ1v) is 9.96. The van der Waals surface area contributed by atoms with Gasteiger partial charge >= 0.3 is 0 Å². The Hall–Kier alpha value is -1.76. The highest BCUT2D eigenvalue weighted by Crippen LogP contribution is 2.36. The zero-order chi connectivity index (χ0) is 20.0. The van der Waals surface area contributed by atoms with Gasteiger partial charge in [0.2, 0.25) is 5.91 Å². The molecule has 1 amide bonds. The zero-order valence-electron chi connectivity index (χ0n) is 14.8. The van der Waals surface area contributed by atoms with Gasteiger partial charge in [0.1, 0.15) is 6.04 Å². The number of fused-ring (bicyclic) bond motifs is 3. The Morgan fingerprint density at radius 1 is 1.21 bits per heavy atom. The molecule has 2 atom stereocenters. The number of aliphatic hydroxyl groups is 1. The van der Waals surface area contributed by atoms with Crippen LogP contribution in [0.5, 0.6) is 0 Å². The number of carbonyl (C=O) groups is 1. The lowest BCUT2D eigenvalue weighted by Crippen LogP contribution is -2.45. The van der Waals surface area contributed by atoms with Crippen LogP contribution in [0.4, 0.5) is 0 Å². The van der Waals surface area contributed by atoms with Gasteiger partial charge in [-0.1, -0.05) is 40.9 Å². The van der Waals surface area contributed by atoms with Crippen molar-refractivity contribution < 1.29 is 9.90 Å². The van der Waals surface area contributed by atoms with E-state index in [9.17, 15) is 9.90 Å². The number of hydrogen-bond donors (Lipinski definition) is 3. The second-order valence-electron chi connectivity index (χ2n) is 6.84. The van der Waals surface area contributed by atoms with E-state index in [-0.39, 0.29) is 12.5 Å². The number of aliphatic hydroxyl groups excluding tert-OH is 1. The molecule has 0 saturated carbocycles. The second-order valence-corrected chi connectivity index (χ2v) is 8.09. The summed E-state index contributed by atoms with van der Waals surface area (Å²) in [4.78, 5) is 18.1. The maximum absolute atomic E-state index is 13.1. The molecule has 8 heteroatoms. The summed E-state index contributed by atoms with van der Waals surface area (Å²) in [5.74, 6) is -0.278. The Labute approximate surface area is 177 Å². The number of nitrogens with one attached hydrogen (secondary N) is 1. The third kappa shape index (κ3) is 3.27. The molecule has 1 aliphatic heterocycles. The summed E-state index contributed by atoms with van der Waals surface area (Å²) < 4.78 is 0. The number of aromatic amines is 1. The smallest absolute Gasteiger partial charge is 0.244 e. The van der Waals surface area contributed by atoms with Crippen LogP contribution in [-0.2, 0) is 11.2 Å². The molecule has 1 aliphatic rings. The monoisotopic (exact) mass is 437 g/mol. The number of benzene rings is 2. The van der Waals surface area contributed by atoms with Gasteiger partial charge in [0.05, 0.1) is 22.7 Å². The molecule has 146 valence electrons. The highest BCUT2D eigenvalue weighted by atomic mass is 35.5. The van der Waals surface area contributed by atoms with E-state index in [4.69, 9.17) is 40.5 Å². The quantitative estimate of drug-likeness (QED) is 0.572. The molecule has 2 heterocycles. The van der Waals surface area contributed by atoms with Crippen LogP contribution in [0.15, 0.2) is 36.4 Å². The summed E-state index contributed by atoms with van der Waals surface area (Å²) in [6.07, 6.45) is 0.645. The third-order valence-electron chi connectivity index (χ3n) is 5.24. The molecule has 4 rings (SSSR count). The van der Waals surface area contributed by atoms with E-state index in [2.05, 4.69) is 4.98 Å². The number of nitrogens with two attached hydrogens (primary N) is 1. The molecule has 0 saturated heterocycles. The van der Waals surface area contributed by atoms with E-state index in [0.717, 1.165) is 22.2 Å². The van der Waals surface area contributed by atoms with Gasteiger partial charge in [0, 0.05) is 28.2 Å². The third-order valence-corrected chi connectivity index (χ3v) is 6.21. The van der Waals surface area contributed by atoms with E-state index < -0.39 is 12.1 Å². The zero-order valence-corrected chi connectivity index (χ0v) is 17.0. The normalized spacial score (nSPS) is 17.6. The number of H-pyrrole nitrogens is 1. The summed E-state index contributed by atoms with van der Waals surface area (Å²) in [5.41, 5.74) is 9.61. The van der Waals surface area contributed by atoms with Crippen molar-refractivity contribution in [1.82, 2.24) is 9.88 Å². The van der Waals surface area contributed by atoms with Crippen LogP contribution in [0, 0.1) is 0 Å². The van der Waals surface area contributed by atoms with Gasteiger partial charge in [-0.3, -0.25) is 4.79 Å². The molecule has 0 spiro atoms. The summed E-state index contributed by atoms with van der Waals surface area (Å²) in [6, 6.07) is 9.11. The lowest BCUT2D eigenvalue weighted by Gasteiger charge is -2.36. The van der Waals surface area contributed by atoms with Crippen molar-refractivity contribution in [1.29, 1.82) is 0 Å². The Kier molecular flexibility index (Phi) is 5.29. The molecular weight excluding hydrogens is 421 g/mol. The average Bonchev–Trinajstić information content (AvgIpc) is 3.06. The van der Waals surface area contributed by atoms with Crippen molar-refractivity contribution in [3.05, 3.63) is 68.3 Å². The molecule has 0 bridgehead atoms. The first kappa shape index (κ1) is 19.6. The maximum atomic E-state index is 13.1. The van der Waals surface area contributed by atoms with Gasteiger partial charge in [-0.05, 0) is 47.9 Å². The summed E-state index contributed by atoms with van der Waals surface area (Å²) in [5, 5.41) is 12.5. The molecule has 0 radical (unpaired) electrons. The molecule has 0 fully saturated rings. The highest BCUT2D eigenvalue weighted by molar-refractivity contribution is 6.42. The van der Waals surface area contributed by atoms with Gasteiger partial charge in [-0.15, -0.1) is 0 Å². The number of carbonyl (C=O) groups excluding carboxylic acids is 1. The molecule has 5 nitrogen and oxygen atoms in total. The number of nitrogens with zero attached hydrogens (tertiary/aromatic N) is 1. The van der Waals surface area contributed by atoms with Crippen molar-refractivity contribution in [2.24, 2.45) is 5.73 Å². The van der Waals surface area contributed by atoms with E-state index in [1.54, 1.807) is 23.1 Å². The lowest BCUT2D eigenvalue weighted by atomic mass is 9.96. The number of halogens is 3. The van der Waals surface area contributed by atoms with Crippen molar-refractivity contribution in [3.63, 3.8) is 0 Å². The van der Waals surface area contributed by atoms with Crippen LogP contribution in [-0.4, -0.2) is 34.0 Å². The molecule has 1 aromatic heterocycles. The topological polar surface area (TPSA) is 82.4 Å². The molecular formula is C20H18Cl3N3O2. The fraction of sp³-hybridized carbons (Fsp3) is 0.250. The Bertz CT molecular complexity index is 1070. The minimum Gasteiger partial charge on any atom is -0.394 e. The Morgan fingerprint density at radius 3 is 2.71 bits per heavy atom. The minimum absolute atomic E-state index is 0.215. The van der Waals surface area contributed by atoms with Crippen LogP contribution >= 0.6 is 34.8 Å². The first-order chi connectivity index (χ1) is 13.4. The molecule has 28 heavy (non-hydrogen) atoms.